The maximum atomic E-state index is 12.4. The zero-order valence-corrected chi connectivity index (χ0v) is 15.1. The Morgan fingerprint density at radius 2 is 1.88 bits per heavy atom. The van der Waals surface area contributed by atoms with Gasteiger partial charge < -0.3 is 14.4 Å². The molecule has 0 bridgehead atoms. The molecule has 1 aromatic carbocycles. The van der Waals surface area contributed by atoms with Gasteiger partial charge in [0.25, 0.3) is 5.91 Å². The number of ketones is 1. The molecule has 1 saturated carbocycles. The minimum absolute atomic E-state index is 0.173. The van der Waals surface area contributed by atoms with Crippen molar-refractivity contribution in [2.75, 3.05) is 13.7 Å². The molecule has 0 spiro atoms. The van der Waals surface area contributed by atoms with E-state index in [1.54, 1.807) is 29.2 Å². The van der Waals surface area contributed by atoms with Crippen LogP contribution in [0.25, 0.3) is 6.08 Å². The van der Waals surface area contributed by atoms with Crippen molar-refractivity contribution in [3.63, 3.8) is 0 Å². The van der Waals surface area contributed by atoms with Gasteiger partial charge >= 0.3 is 5.97 Å². The molecule has 26 heavy (non-hydrogen) atoms. The molecule has 3 rings (SSSR count). The molecule has 0 radical (unpaired) electrons. The molecule has 1 saturated heterocycles. The first-order valence-electron chi connectivity index (χ1n) is 8.92. The summed E-state index contributed by atoms with van der Waals surface area (Å²) in [5.41, 5.74) is 1.21. The monoisotopic (exact) mass is 357 g/mol. The summed E-state index contributed by atoms with van der Waals surface area (Å²) in [7, 11) is 1.48. The molecule has 1 aliphatic heterocycles. The number of benzene rings is 1. The average Bonchev–Trinajstić information content (AvgIpc) is 2.91. The summed E-state index contributed by atoms with van der Waals surface area (Å²) in [6, 6.07) is 5.21. The number of likely N-dealkylation sites (tertiary alicyclic amines) is 1. The van der Waals surface area contributed by atoms with Crippen LogP contribution in [0.1, 0.15) is 44.6 Å². The number of hydrogen-bond acceptors (Lipinski definition) is 5. The quantitative estimate of drug-likeness (QED) is 0.359. The first kappa shape index (κ1) is 18.2. The van der Waals surface area contributed by atoms with E-state index in [1.165, 1.54) is 20.5 Å². The van der Waals surface area contributed by atoms with Crippen LogP contribution in [-0.4, -0.2) is 42.3 Å². The summed E-state index contributed by atoms with van der Waals surface area (Å²) >= 11 is 0. The third kappa shape index (κ3) is 3.79. The average molecular weight is 357 g/mol. The van der Waals surface area contributed by atoms with Crippen LogP contribution in [0.2, 0.25) is 0 Å². The van der Waals surface area contributed by atoms with E-state index in [2.05, 4.69) is 0 Å². The maximum Gasteiger partial charge on any atom is 0.308 e. The minimum Gasteiger partial charge on any atom is -0.493 e. The lowest BCUT2D eigenvalue weighted by molar-refractivity contribution is -0.140. The Kier molecular flexibility index (Phi) is 5.40. The molecule has 138 valence electrons. The zero-order valence-electron chi connectivity index (χ0n) is 15.1. The van der Waals surface area contributed by atoms with Crippen molar-refractivity contribution in [1.29, 1.82) is 0 Å². The van der Waals surface area contributed by atoms with E-state index in [0.29, 0.717) is 23.6 Å². The molecule has 2 aliphatic rings. The highest BCUT2D eigenvalue weighted by molar-refractivity contribution is 6.46. The maximum absolute atomic E-state index is 12.4. The summed E-state index contributed by atoms with van der Waals surface area (Å²) in [6.07, 6.45) is 7.06. The first-order valence-corrected chi connectivity index (χ1v) is 8.92. The normalized spacial score (nSPS) is 19.9. The van der Waals surface area contributed by atoms with Crippen LogP contribution in [0.4, 0.5) is 0 Å². The molecular formula is C20H23NO5. The van der Waals surface area contributed by atoms with Crippen LogP contribution >= 0.6 is 0 Å². The van der Waals surface area contributed by atoms with Gasteiger partial charge in [-0.15, -0.1) is 0 Å². The largest absolute Gasteiger partial charge is 0.493 e. The molecule has 0 unspecified atom stereocenters. The van der Waals surface area contributed by atoms with Gasteiger partial charge in [-0.2, -0.15) is 0 Å². The number of carbonyl (C=O) groups is 3. The molecule has 1 aliphatic carbocycles. The van der Waals surface area contributed by atoms with Crippen molar-refractivity contribution >= 4 is 23.7 Å². The van der Waals surface area contributed by atoms with Crippen molar-refractivity contribution in [2.45, 2.75) is 45.1 Å². The van der Waals surface area contributed by atoms with Crippen LogP contribution in [0.5, 0.6) is 11.5 Å². The predicted octanol–water partition coefficient (Wildman–Crippen LogP) is 2.75. The number of esters is 1. The number of Topliss-reactive ketones (excluding diaryl/α,β-unsaturated/α-hetero) is 1. The summed E-state index contributed by atoms with van der Waals surface area (Å²) in [5, 5.41) is 0. The van der Waals surface area contributed by atoms with Crippen molar-refractivity contribution in [3.05, 3.63) is 29.3 Å². The Morgan fingerprint density at radius 3 is 2.54 bits per heavy atom. The Hall–Kier alpha value is -2.63. The van der Waals surface area contributed by atoms with E-state index in [4.69, 9.17) is 9.47 Å². The molecule has 1 heterocycles. The third-order valence-corrected chi connectivity index (χ3v) is 4.89. The summed E-state index contributed by atoms with van der Waals surface area (Å²) in [5.74, 6) is -0.547. The standard InChI is InChI=1S/C20H23NO5/c1-13(22)26-17-9-8-14(11-18(17)25-2)10-15-12-21(20(24)19(15)23)16-6-4-3-5-7-16/h8-11,16H,3-7,12H2,1-2H3/b15-10+. The van der Waals surface area contributed by atoms with Gasteiger partial charge in [-0.3, -0.25) is 14.4 Å². The second-order valence-corrected chi connectivity index (χ2v) is 6.73. The summed E-state index contributed by atoms with van der Waals surface area (Å²) in [4.78, 5) is 37.6. The highest BCUT2D eigenvalue weighted by atomic mass is 16.6. The molecule has 2 fully saturated rings. The number of methoxy groups -OCH3 is 1. The van der Waals surface area contributed by atoms with Crippen molar-refractivity contribution < 1.29 is 23.9 Å². The van der Waals surface area contributed by atoms with E-state index in [1.807, 2.05) is 0 Å². The van der Waals surface area contributed by atoms with Crippen LogP contribution in [-0.2, 0) is 14.4 Å². The van der Waals surface area contributed by atoms with Gasteiger partial charge in [0.1, 0.15) is 0 Å². The Bertz CT molecular complexity index is 761. The van der Waals surface area contributed by atoms with E-state index in [-0.39, 0.29) is 6.04 Å². The molecule has 1 aromatic rings. The number of amides is 1. The van der Waals surface area contributed by atoms with Crippen LogP contribution < -0.4 is 9.47 Å². The van der Waals surface area contributed by atoms with Gasteiger partial charge in [0.15, 0.2) is 11.5 Å². The van der Waals surface area contributed by atoms with E-state index in [0.717, 1.165) is 31.2 Å². The van der Waals surface area contributed by atoms with Crippen LogP contribution in [0, 0.1) is 0 Å². The molecule has 0 aromatic heterocycles. The second-order valence-electron chi connectivity index (χ2n) is 6.73. The Labute approximate surface area is 152 Å². The van der Waals surface area contributed by atoms with Gasteiger partial charge in [-0.1, -0.05) is 25.3 Å². The number of ether oxygens (including phenoxy) is 2. The van der Waals surface area contributed by atoms with Crippen molar-refractivity contribution in [3.8, 4) is 11.5 Å². The molecule has 1 amide bonds. The fourth-order valence-corrected chi connectivity index (χ4v) is 3.61. The molecule has 0 atom stereocenters. The smallest absolute Gasteiger partial charge is 0.308 e. The number of hydrogen-bond donors (Lipinski definition) is 0. The van der Waals surface area contributed by atoms with Gasteiger partial charge in [0.05, 0.1) is 13.7 Å². The minimum atomic E-state index is -0.436. The lowest BCUT2D eigenvalue weighted by Gasteiger charge is -2.30. The van der Waals surface area contributed by atoms with E-state index < -0.39 is 17.7 Å². The molecule has 6 nitrogen and oxygen atoms in total. The fourth-order valence-electron chi connectivity index (χ4n) is 3.61. The lowest BCUT2D eigenvalue weighted by atomic mass is 9.94. The highest BCUT2D eigenvalue weighted by Crippen LogP contribution is 2.31. The zero-order chi connectivity index (χ0) is 18.7. The first-order chi connectivity index (χ1) is 12.5. The summed E-state index contributed by atoms with van der Waals surface area (Å²) < 4.78 is 10.3. The molecule has 0 N–H and O–H groups in total. The van der Waals surface area contributed by atoms with Crippen LogP contribution in [0.3, 0.4) is 0 Å². The van der Waals surface area contributed by atoms with Gasteiger partial charge in [0.2, 0.25) is 5.78 Å². The van der Waals surface area contributed by atoms with Gasteiger partial charge in [-0.05, 0) is 36.6 Å². The number of rotatable bonds is 4. The van der Waals surface area contributed by atoms with Crippen molar-refractivity contribution in [1.82, 2.24) is 4.90 Å². The lowest BCUT2D eigenvalue weighted by Crippen LogP contribution is -2.38. The predicted molar refractivity (Wildman–Crippen MR) is 95.9 cm³/mol. The molecule has 6 heteroatoms. The fraction of sp³-hybridized carbons (Fsp3) is 0.450. The van der Waals surface area contributed by atoms with Gasteiger partial charge in [-0.25, -0.2) is 0 Å². The van der Waals surface area contributed by atoms with Crippen molar-refractivity contribution in [2.24, 2.45) is 0 Å². The van der Waals surface area contributed by atoms with Crippen LogP contribution in [0.15, 0.2) is 23.8 Å². The number of nitrogens with zero attached hydrogens (tertiary/aromatic N) is 1. The van der Waals surface area contributed by atoms with Gasteiger partial charge in [0, 0.05) is 18.5 Å². The highest BCUT2D eigenvalue weighted by Gasteiger charge is 2.38. The Balaban J connectivity index is 1.81. The topological polar surface area (TPSA) is 72.9 Å². The second kappa shape index (κ2) is 7.72. The Morgan fingerprint density at radius 1 is 1.15 bits per heavy atom. The summed E-state index contributed by atoms with van der Waals surface area (Å²) in [6.45, 7) is 1.67. The third-order valence-electron chi connectivity index (χ3n) is 4.89. The SMILES string of the molecule is COc1cc(/C=C2\CN(C3CCCCC3)C(=O)C2=O)ccc1OC(C)=O. The van der Waals surface area contributed by atoms with E-state index >= 15 is 0 Å². The molecular weight excluding hydrogens is 334 g/mol. The number of carbonyl (C=O) groups excluding carboxylic acids is 3. The van der Waals surface area contributed by atoms with E-state index in [9.17, 15) is 14.4 Å².